The number of aliphatic hydroxyl groups excluding tert-OH is 1. The Morgan fingerprint density at radius 1 is 1.25 bits per heavy atom. The number of carboxylic acid groups (broad SMARTS) is 1. The van der Waals surface area contributed by atoms with Crippen molar-refractivity contribution >= 4 is 36.3 Å². The van der Waals surface area contributed by atoms with Gasteiger partial charge in [-0.05, 0) is 12.8 Å². The lowest BCUT2D eigenvalue weighted by Gasteiger charge is -2.28. The molecule has 11 heteroatoms. The molecule has 10 nitrogen and oxygen atoms in total. The van der Waals surface area contributed by atoms with Crippen LogP contribution in [-0.4, -0.2) is 82.4 Å². The molecule has 1 heterocycles. The molecular formula is C13H22N4O6S. The number of likely N-dealkylation sites (tertiary alicyclic amines) is 1. The molecule has 0 aliphatic carbocycles. The van der Waals surface area contributed by atoms with Crippen LogP contribution in [0.4, 0.5) is 0 Å². The van der Waals surface area contributed by atoms with Gasteiger partial charge in [0.2, 0.25) is 17.7 Å². The number of aliphatic carboxylic acids is 1. The minimum absolute atomic E-state index is 0.0897. The van der Waals surface area contributed by atoms with E-state index in [1.165, 1.54) is 4.90 Å². The average molecular weight is 362 g/mol. The highest BCUT2D eigenvalue weighted by Crippen LogP contribution is 2.19. The summed E-state index contributed by atoms with van der Waals surface area (Å²) in [5, 5.41) is 22.8. The number of hydrogen-bond acceptors (Lipinski definition) is 7. The maximum atomic E-state index is 12.4. The molecule has 24 heavy (non-hydrogen) atoms. The van der Waals surface area contributed by atoms with E-state index < -0.39 is 48.4 Å². The number of amides is 3. The number of thiol groups is 1. The fraction of sp³-hybridized carbons (Fsp3) is 0.692. The fourth-order valence-corrected chi connectivity index (χ4v) is 2.64. The lowest BCUT2D eigenvalue weighted by molar-refractivity contribution is -0.144. The molecule has 0 aromatic heterocycles. The molecule has 3 unspecified atom stereocenters. The second-order valence-corrected chi connectivity index (χ2v) is 5.64. The molecule has 0 aromatic carbocycles. The van der Waals surface area contributed by atoms with Crippen molar-refractivity contribution in [3.8, 4) is 0 Å². The number of carbonyl (C=O) groups excluding carboxylic acids is 3. The molecule has 6 N–H and O–H groups in total. The number of carbonyl (C=O) groups is 4. The molecule has 0 radical (unpaired) electrons. The van der Waals surface area contributed by atoms with E-state index in [9.17, 15) is 24.3 Å². The minimum Gasteiger partial charge on any atom is -0.480 e. The molecule has 0 aromatic rings. The first-order valence-electron chi connectivity index (χ1n) is 7.40. The minimum atomic E-state index is -1.22. The Balaban J connectivity index is 2.79. The summed E-state index contributed by atoms with van der Waals surface area (Å²) < 4.78 is 0. The van der Waals surface area contributed by atoms with E-state index >= 15 is 0 Å². The molecule has 0 bridgehead atoms. The summed E-state index contributed by atoms with van der Waals surface area (Å²) in [6.45, 7) is -0.704. The van der Waals surface area contributed by atoms with Crippen molar-refractivity contribution in [3.05, 3.63) is 0 Å². The van der Waals surface area contributed by atoms with Crippen LogP contribution in [0.1, 0.15) is 12.8 Å². The van der Waals surface area contributed by atoms with Gasteiger partial charge in [-0.3, -0.25) is 14.4 Å². The van der Waals surface area contributed by atoms with Crippen LogP contribution in [0.25, 0.3) is 0 Å². The Hall–Kier alpha value is -1.85. The summed E-state index contributed by atoms with van der Waals surface area (Å²) in [4.78, 5) is 48.2. The van der Waals surface area contributed by atoms with E-state index in [1.807, 2.05) is 0 Å². The van der Waals surface area contributed by atoms with E-state index in [0.29, 0.717) is 12.8 Å². The molecule has 0 spiro atoms. The second kappa shape index (κ2) is 9.45. The molecule has 1 fully saturated rings. The summed E-state index contributed by atoms with van der Waals surface area (Å²) in [7, 11) is 0. The molecule has 1 aliphatic rings. The Kier molecular flexibility index (Phi) is 7.95. The third-order valence-electron chi connectivity index (χ3n) is 3.64. The largest absolute Gasteiger partial charge is 0.480 e. The highest BCUT2D eigenvalue weighted by molar-refractivity contribution is 7.80. The van der Waals surface area contributed by atoms with Gasteiger partial charge in [0.25, 0.3) is 0 Å². The van der Waals surface area contributed by atoms with Gasteiger partial charge < -0.3 is 31.5 Å². The van der Waals surface area contributed by atoms with Gasteiger partial charge in [-0.15, -0.1) is 0 Å². The smallest absolute Gasteiger partial charge is 0.327 e. The number of hydrogen-bond donors (Lipinski definition) is 6. The first-order valence-corrected chi connectivity index (χ1v) is 8.03. The SMILES string of the molecule is NCC(=O)NC(CO)C(=O)N1CCCC1C(=O)NC(CS)C(=O)O. The number of nitrogens with two attached hydrogens (primary N) is 1. The average Bonchev–Trinajstić information content (AvgIpc) is 3.05. The number of nitrogens with one attached hydrogen (secondary N) is 2. The van der Waals surface area contributed by atoms with Gasteiger partial charge in [0.05, 0.1) is 13.2 Å². The van der Waals surface area contributed by atoms with Gasteiger partial charge >= 0.3 is 5.97 Å². The molecule has 1 saturated heterocycles. The van der Waals surface area contributed by atoms with E-state index in [4.69, 9.17) is 10.8 Å². The normalized spacial score (nSPS) is 19.5. The van der Waals surface area contributed by atoms with Crippen LogP contribution < -0.4 is 16.4 Å². The molecule has 3 amide bonds. The summed E-state index contributed by atoms with van der Waals surface area (Å²) in [5.74, 6) is -3.15. The van der Waals surface area contributed by atoms with Gasteiger partial charge in [0.1, 0.15) is 18.1 Å². The van der Waals surface area contributed by atoms with Crippen LogP contribution in [0.5, 0.6) is 0 Å². The molecule has 1 aliphatic heterocycles. The predicted octanol–water partition coefficient (Wildman–Crippen LogP) is -3.09. The molecule has 136 valence electrons. The maximum Gasteiger partial charge on any atom is 0.327 e. The Bertz CT molecular complexity index is 503. The molecule has 1 rings (SSSR count). The van der Waals surface area contributed by atoms with Crippen molar-refractivity contribution in [1.29, 1.82) is 0 Å². The third kappa shape index (κ3) is 5.08. The van der Waals surface area contributed by atoms with Crippen molar-refractivity contribution in [1.82, 2.24) is 15.5 Å². The second-order valence-electron chi connectivity index (χ2n) is 5.28. The first-order chi connectivity index (χ1) is 11.3. The van der Waals surface area contributed by atoms with Crippen LogP contribution in [0.15, 0.2) is 0 Å². The molecule has 0 saturated carbocycles. The van der Waals surface area contributed by atoms with Crippen molar-refractivity contribution in [3.63, 3.8) is 0 Å². The van der Waals surface area contributed by atoms with Crippen LogP contribution >= 0.6 is 12.6 Å². The van der Waals surface area contributed by atoms with Gasteiger partial charge in [0, 0.05) is 12.3 Å². The predicted molar refractivity (Wildman–Crippen MR) is 86.2 cm³/mol. The highest BCUT2D eigenvalue weighted by atomic mass is 32.1. The number of rotatable bonds is 8. The van der Waals surface area contributed by atoms with Crippen LogP contribution in [0.2, 0.25) is 0 Å². The Morgan fingerprint density at radius 2 is 1.92 bits per heavy atom. The van der Waals surface area contributed by atoms with E-state index in [1.54, 1.807) is 0 Å². The first kappa shape index (κ1) is 20.2. The van der Waals surface area contributed by atoms with Crippen LogP contribution in [-0.2, 0) is 19.2 Å². The van der Waals surface area contributed by atoms with Gasteiger partial charge in [-0.2, -0.15) is 12.6 Å². The van der Waals surface area contributed by atoms with E-state index in [-0.39, 0.29) is 18.8 Å². The van der Waals surface area contributed by atoms with E-state index in [2.05, 4.69) is 23.3 Å². The molecule has 3 atom stereocenters. The quantitative estimate of drug-likeness (QED) is 0.249. The number of aliphatic hydroxyl groups is 1. The van der Waals surface area contributed by atoms with Crippen molar-refractivity contribution in [2.24, 2.45) is 5.73 Å². The monoisotopic (exact) mass is 362 g/mol. The lowest BCUT2D eigenvalue weighted by atomic mass is 10.1. The summed E-state index contributed by atoms with van der Waals surface area (Å²) in [6.07, 6.45) is 0.908. The lowest BCUT2D eigenvalue weighted by Crippen LogP contribution is -2.57. The highest BCUT2D eigenvalue weighted by Gasteiger charge is 2.38. The zero-order valence-electron chi connectivity index (χ0n) is 13.0. The van der Waals surface area contributed by atoms with Gasteiger partial charge in [0.15, 0.2) is 0 Å². The van der Waals surface area contributed by atoms with Crippen molar-refractivity contribution in [2.45, 2.75) is 31.0 Å². The molecular weight excluding hydrogens is 340 g/mol. The van der Waals surface area contributed by atoms with Crippen molar-refractivity contribution in [2.75, 3.05) is 25.4 Å². The topological polar surface area (TPSA) is 162 Å². The van der Waals surface area contributed by atoms with Crippen LogP contribution in [0.3, 0.4) is 0 Å². The van der Waals surface area contributed by atoms with Crippen molar-refractivity contribution < 1.29 is 29.4 Å². The van der Waals surface area contributed by atoms with Gasteiger partial charge in [-0.1, -0.05) is 0 Å². The summed E-state index contributed by atoms with van der Waals surface area (Å²) in [6, 6.07) is -3.22. The zero-order chi connectivity index (χ0) is 18.3. The summed E-state index contributed by atoms with van der Waals surface area (Å²) >= 11 is 3.86. The third-order valence-corrected chi connectivity index (χ3v) is 4.00. The Labute approximate surface area is 144 Å². The summed E-state index contributed by atoms with van der Waals surface area (Å²) in [5.41, 5.74) is 5.16. The number of nitrogens with zero attached hydrogens (tertiary/aromatic N) is 1. The fourth-order valence-electron chi connectivity index (χ4n) is 2.40. The van der Waals surface area contributed by atoms with Crippen LogP contribution in [0, 0.1) is 0 Å². The maximum absolute atomic E-state index is 12.4. The standard InChI is InChI=1S/C13H22N4O6S/c14-4-10(19)15-7(5-18)12(21)17-3-1-2-9(17)11(20)16-8(6-24)13(22)23/h7-9,18,24H,1-6,14H2,(H,15,19)(H,16,20)(H,22,23). The number of carboxylic acids is 1. The van der Waals surface area contributed by atoms with E-state index in [0.717, 1.165) is 0 Å². The zero-order valence-corrected chi connectivity index (χ0v) is 13.9. The Morgan fingerprint density at radius 3 is 2.42 bits per heavy atom. The van der Waals surface area contributed by atoms with Gasteiger partial charge in [-0.25, -0.2) is 4.79 Å².